The number of carbonyl (C=O) groups is 1. The van der Waals surface area contributed by atoms with E-state index in [4.69, 9.17) is 4.74 Å². The molecule has 0 saturated heterocycles. The van der Waals surface area contributed by atoms with Gasteiger partial charge in [-0.3, -0.25) is 10.2 Å². The fourth-order valence-electron chi connectivity index (χ4n) is 3.07. The van der Waals surface area contributed by atoms with E-state index in [9.17, 15) is 9.18 Å². The summed E-state index contributed by atoms with van der Waals surface area (Å²) in [5.74, 6) is -0.0463. The Morgan fingerprint density at radius 2 is 1.79 bits per heavy atom. The molecule has 0 spiro atoms. The number of benzene rings is 3. The third kappa shape index (κ3) is 5.42. The second-order valence-corrected chi connectivity index (χ2v) is 8.13. The number of thiazole rings is 1. The summed E-state index contributed by atoms with van der Waals surface area (Å²) in [5.41, 5.74) is 6.68. The maximum atomic E-state index is 13.2. The number of aromatic nitrogens is 1. The second kappa shape index (κ2) is 10.1. The van der Waals surface area contributed by atoms with Crippen molar-refractivity contribution in [3.05, 3.63) is 95.3 Å². The van der Waals surface area contributed by atoms with Crippen molar-refractivity contribution in [2.75, 3.05) is 17.9 Å². The van der Waals surface area contributed by atoms with Crippen molar-refractivity contribution >= 4 is 33.6 Å². The highest BCUT2D eigenvalue weighted by Gasteiger charge is 2.16. The average molecular weight is 461 g/mol. The summed E-state index contributed by atoms with van der Waals surface area (Å²) < 4.78 is 18.5. The zero-order chi connectivity index (χ0) is 23.2. The van der Waals surface area contributed by atoms with E-state index in [2.05, 4.69) is 20.8 Å². The molecular formula is C25H21FN4O2S. The summed E-state index contributed by atoms with van der Waals surface area (Å²) in [7, 11) is 1.60. The van der Waals surface area contributed by atoms with Crippen LogP contribution in [0.15, 0.2) is 77.9 Å². The SMILES string of the molecule is COc1ccccc1/C=N\Nc1nc(-c2ccc(C)cc2)c(NC(=O)c2ccc(F)cc2)s1. The largest absolute Gasteiger partial charge is 0.496 e. The predicted octanol–water partition coefficient (Wildman–Crippen LogP) is 5.96. The molecule has 2 N–H and O–H groups in total. The minimum atomic E-state index is -0.399. The topological polar surface area (TPSA) is 75.6 Å². The number of ether oxygens (including phenoxy) is 1. The van der Waals surface area contributed by atoms with Gasteiger partial charge in [0.2, 0.25) is 5.13 Å². The molecule has 4 aromatic rings. The van der Waals surface area contributed by atoms with Crippen LogP contribution in [0.25, 0.3) is 11.3 Å². The van der Waals surface area contributed by atoms with Gasteiger partial charge in [-0.25, -0.2) is 9.37 Å². The van der Waals surface area contributed by atoms with E-state index >= 15 is 0 Å². The number of hydrogen-bond donors (Lipinski definition) is 2. The number of nitrogens with one attached hydrogen (secondary N) is 2. The summed E-state index contributed by atoms with van der Waals surface area (Å²) in [5, 5.41) is 8.22. The van der Waals surface area contributed by atoms with E-state index in [0.29, 0.717) is 27.1 Å². The average Bonchev–Trinajstić information content (AvgIpc) is 3.22. The Bertz CT molecular complexity index is 1280. The van der Waals surface area contributed by atoms with Gasteiger partial charge in [0.25, 0.3) is 5.91 Å². The van der Waals surface area contributed by atoms with E-state index in [1.165, 1.54) is 35.6 Å². The number of aryl methyl sites for hydroxylation is 1. The highest BCUT2D eigenvalue weighted by atomic mass is 32.1. The Hall–Kier alpha value is -4.04. The van der Waals surface area contributed by atoms with Crippen LogP contribution in [0.3, 0.4) is 0 Å². The molecule has 1 aromatic heterocycles. The monoisotopic (exact) mass is 460 g/mol. The first-order valence-corrected chi connectivity index (χ1v) is 10.9. The molecule has 0 radical (unpaired) electrons. The van der Waals surface area contributed by atoms with Crippen LogP contribution < -0.4 is 15.5 Å². The van der Waals surface area contributed by atoms with Gasteiger partial charge < -0.3 is 10.1 Å². The van der Waals surface area contributed by atoms with Gasteiger partial charge in [-0.2, -0.15) is 5.10 Å². The Kier molecular flexibility index (Phi) is 6.75. The zero-order valence-electron chi connectivity index (χ0n) is 18.0. The number of halogens is 1. The van der Waals surface area contributed by atoms with Crippen LogP contribution in [0.1, 0.15) is 21.5 Å². The summed E-state index contributed by atoms with van der Waals surface area (Å²) in [6, 6.07) is 20.7. The van der Waals surface area contributed by atoms with Gasteiger partial charge in [0.15, 0.2) is 0 Å². The minimum absolute atomic E-state index is 0.350. The van der Waals surface area contributed by atoms with E-state index in [-0.39, 0.29) is 5.91 Å². The maximum absolute atomic E-state index is 13.2. The van der Waals surface area contributed by atoms with Gasteiger partial charge in [0.1, 0.15) is 22.3 Å². The Balaban J connectivity index is 1.60. The molecule has 1 heterocycles. The molecule has 33 heavy (non-hydrogen) atoms. The molecule has 0 saturated carbocycles. The molecule has 0 aliphatic carbocycles. The Morgan fingerprint density at radius 1 is 1.06 bits per heavy atom. The Labute approximate surface area is 194 Å². The smallest absolute Gasteiger partial charge is 0.256 e. The van der Waals surface area contributed by atoms with Crippen LogP contribution in [0.4, 0.5) is 14.5 Å². The second-order valence-electron chi connectivity index (χ2n) is 7.14. The summed E-state index contributed by atoms with van der Waals surface area (Å²) >= 11 is 1.26. The first kappa shape index (κ1) is 22.2. The summed E-state index contributed by atoms with van der Waals surface area (Å²) in [4.78, 5) is 17.4. The quantitative estimate of drug-likeness (QED) is 0.263. The van der Waals surface area contributed by atoms with Gasteiger partial charge >= 0.3 is 0 Å². The molecule has 8 heteroatoms. The van der Waals surface area contributed by atoms with Crippen LogP contribution in [-0.2, 0) is 0 Å². The third-order valence-corrected chi connectivity index (χ3v) is 5.66. The number of amides is 1. The van der Waals surface area contributed by atoms with Gasteiger partial charge in [-0.05, 0) is 43.3 Å². The first-order chi connectivity index (χ1) is 16.0. The van der Waals surface area contributed by atoms with E-state index in [0.717, 1.165) is 16.7 Å². The predicted molar refractivity (Wildman–Crippen MR) is 131 cm³/mol. The molecule has 4 rings (SSSR count). The maximum Gasteiger partial charge on any atom is 0.256 e. The van der Waals surface area contributed by atoms with Crippen molar-refractivity contribution < 1.29 is 13.9 Å². The number of anilines is 2. The third-order valence-electron chi connectivity index (χ3n) is 4.79. The number of rotatable bonds is 7. The van der Waals surface area contributed by atoms with Crippen molar-refractivity contribution in [3.8, 4) is 17.0 Å². The van der Waals surface area contributed by atoms with Crippen LogP contribution in [0.2, 0.25) is 0 Å². The zero-order valence-corrected chi connectivity index (χ0v) is 18.8. The standard InChI is InChI=1S/C25H21FN4O2S/c1-16-7-9-17(10-8-16)22-24(29-23(31)18-11-13-20(26)14-12-18)33-25(28-22)30-27-15-19-5-3-4-6-21(19)32-2/h3-15H,1-2H3,(H,28,30)(H,29,31)/b27-15-. The number of carbonyl (C=O) groups excluding carboxylic acids is 1. The lowest BCUT2D eigenvalue weighted by Gasteiger charge is -2.06. The molecule has 1 amide bonds. The van der Waals surface area contributed by atoms with Crippen LogP contribution in [0, 0.1) is 12.7 Å². The molecule has 0 aliphatic rings. The fourth-order valence-corrected chi connectivity index (χ4v) is 3.90. The lowest BCUT2D eigenvalue weighted by atomic mass is 10.1. The van der Waals surface area contributed by atoms with Crippen LogP contribution >= 0.6 is 11.3 Å². The molecule has 0 bridgehead atoms. The van der Waals surface area contributed by atoms with Gasteiger partial charge in [0, 0.05) is 16.7 Å². The van der Waals surface area contributed by atoms with Gasteiger partial charge in [-0.15, -0.1) is 0 Å². The molecule has 0 fully saturated rings. The molecule has 6 nitrogen and oxygen atoms in total. The Morgan fingerprint density at radius 3 is 2.52 bits per heavy atom. The highest BCUT2D eigenvalue weighted by Crippen LogP contribution is 2.36. The van der Waals surface area contributed by atoms with Crippen LogP contribution in [-0.4, -0.2) is 24.2 Å². The number of hydrogen-bond acceptors (Lipinski definition) is 6. The van der Waals surface area contributed by atoms with Crippen molar-refractivity contribution in [1.29, 1.82) is 0 Å². The van der Waals surface area contributed by atoms with Gasteiger partial charge in [0.05, 0.1) is 13.3 Å². The number of methoxy groups -OCH3 is 1. The van der Waals surface area contributed by atoms with Gasteiger partial charge in [-0.1, -0.05) is 53.3 Å². The van der Waals surface area contributed by atoms with Crippen molar-refractivity contribution in [1.82, 2.24) is 4.98 Å². The molecule has 0 atom stereocenters. The molecule has 166 valence electrons. The summed E-state index contributed by atoms with van der Waals surface area (Å²) in [6.07, 6.45) is 1.64. The van der Waals surface area contributed by atoms with Crippen molar-refractivity contribution in [2.45, 2.75) is 6.92 Å². The van der Waals surface area contributed by atoms with Crippen molar-refractivity contribution in [3.63, 3.8) is 0 Å². The molecular weight excluding hydrogens is 439 g/mol. The minimum Gasteiger partial charge on any atom is -0.496 e. The van der Waals surface area contributed by atoms with E-state index < -0.39 is 5.82 Å². The fraction of sp³-hybridized carbons (Fsp3) is 0.0800. The molecule has 0 aliphatic heterocycles. The van der Waals surface area contributed by atoms with Crippen molar-refractivity contribution in [2.24, 2.45) is 5.10 Å². The van der Waals surface area contributed by atoms with E-state index in [1.807, 2.05) is 55.5 Å². The number of hydrazone groups is 1. The first-order valence-electron chi connectivity index (χ1n) is 10.1. The van der Waals surface area contributed by atoms with Crippen LogP contribution in [0.5, 0.6) is 5.75 Å². The number of para-hydroxylation sites is 1. The lowest BCUT2D eigenvalue weighted by molar-refractivity contribution is 0.102. The normalized spacial score (nSPS) is 10.9. The lowest BCUT2D eigenvalue weighted by Crippen LogP contribution is -2.11. The summed E-state index contributed by atoms with van der Waals surface area (Å²) in [6.45, 7) is 2.00. The molecule has 0 unspecified atom stereocenters. The van der Waals surface area contributed by atoms with E-state index in [1.54, 1.807) is 13.3 Å². The number of nitrogens with zero attached hydrogens (tertiary/aromatic N) is 2. The molecule has 3 aromatic carbocycles. The highest BCUT2D eigenvalue weighted by molar-refractivity contribution is 7.20.